The van der Waals surface area contributed by atoms with Gasteiger partial charge in [0.2, 0.25) is 0 Å². The number of hydrogen-bond donors (Lipinski definition) is 3. The number of furan rings is 1. The molecule has 1 fully saturated rings. The molecule has 272 valence electrons. The molecule has 6 heteroatoms. The van der Waals surface area contributed by atoms with Crippen molar-refractivity contribution in [2.45, 2.75) is 18.5 Å². The summed E-state index contributed by atoms with van der Waals surface area (Å²) in [6.07, 6.45) is -0.221. The van der Waals surface area contributed by atoms with Gasteiger partial charge in [0.1, 0.15) is 11.2 Å². The van der Waals surface area contributed by atoms with Crippen molar-refractivity contribution < 1.29 is 4.42 Å². The fourth-order valence-electron chi connectivity index (χ4n) is 9.23. The molecule has 57 heavy (non-hydrogen) atoms. The summed E-state index contributed by atoms with van der Waals surface area (Å²) in [4.78, 5) is 0. The molecule has 4 heterocycles. The van der Waals surface area contributed by atoms with Crippen molar-refractivity contribution in [3.05, 3.63) is 205 Å². The maximum absolute atomic E-state index is 6.73. The van der Waals surface area contributed by atoms with E-state index in [9.17, 15) is 0 Å². The van der Waals surface area contributed by atoms with Crippen LogP contribution in [0.25, 0.3) is 76.9 Å². The summed E-state index contributed by atoms with van der Waals surface area (Å²) < 4.78 is 11.6. The second-order valence-electron chi connectivity index (χ2n) is 15.1. The van der Waals surface area contributed by atoms with E-state index in [1.807, 2.05) is 6.07 Å². The van der Waals surface area contributed by atoms with Crippen LogP contribution in [0.5, 0.6) is 0 Å². The van der Waals surface area contributed by atoms with Gasteiger partial charge in [-0.2, -0.15) is 0 Å². The Morgan fingerprint density at radius 3 is 1.63 bits per heavy atom. The Bertz CT molecular complexity index is 3240. The lowest BCUT2D eigenvalue weighted by Crippen LogP contribution is -2.54. The highest BCUT2D eigenvalue weighted by atomic mass is 16.3. The van der Waals surface area contributed by atoms with Gasteiger partial charge in [-0.15, -0.1) is 0 Å². The lowest BCUT2D eigenvalue weighted by atomic mass is 10.0. The SMILES string of the molecule is c1ccc(C2NC(c3ccccc3)NC(c3cccc(-n4c5ccccc5c5cc6c(cc54)c4c5oc7ccccc7c5ccc4n6-c4ccccc4)c3)N2)cc1. The fraction of sp³-hybridized carbons (Fsp3) is 0.0588. The third-order valence-corrected chi connectivity index (χ3v) is 11.8. The van der Waals surface area contributed by atoms with Crippen LogP contribution in [0.15, 0.2) is 192 Å². The first-order valence-corrected chi connectivity index (χ1v) is 19.6. The lowest BCUT2D eigenvalue weighted by Gasteiger charge is -2.39. The highest BCUT2D eigenvalue weighted by molar-refractivity contribution is 6.26. The van der Waals surface area contributed by atoms with E-state index in [4.69, 9.17) is 4.42 Å². The quantitative estimate of drug-likeness (QED) is 0.165. The zero-order valence-electron chi connectivity index (χ0n) is 30.9. The molecular formula is C51H37N5O. The van der Waals surface area contributed by atoms with Crippen LogP contribution in [0.2, 0.25) is 0 Å². The molecule has 1 aliphatic heterocycles. The first-order valence-electron chi connectivity index (χ1n) is 19.6. The highest BCUT2D eigenvalue weighted by Gasteiger charge is 2.30. The van der Waals surface area contributed by atoms with Gasteiger partial charge < -0.3 is 13.6 Å². The third kappa shape index (κ3) is 5.09. The largest absolute Gasteiger partial charge is 0.455 e. The van der Waals surface area contributed by atoms with Crippen LogP contribution in [0, 0.1) is 0 Å². The maximum Gasteiger partial charge on any atom is 0.145 e. The van der Waals surface area contributed by atoms with Crippen molar-refractivity contribution in [2.75, 3.05) is 0 Å². The molecule has 0 radical (unpaired) electrons. The number of rotatable bonds is 5. The maximum atomic E-state index is 6.73. The van der Waals surface area contributed by atoms with E-state index in [0.29, 0.717) is 0 Å². The van der Waals surface area contributed by atoms with Crippen LogP contribution in [0.3, 0.4) is 0 Å². The minimum Gasteiger partial charge on any atom is -0.455 e. The monoisotopic (exact) mass is 735 g/mol. The molecule has 11 aromatic rings. The van der Waals surface area contributed by atoms with Gasteiger partial charge in [0.05, 0.1) is 46.0 Å². The molecule has 0 aliphatic carbocycles. The van der Waals surface area contributed by atoms with Crippen molar-refractivity contribution in [1.82, 2.24) is 25.1 Å². The van der Waals surface area contributed by atoms with E-state index in [1.54, 1.807) is 0 Å². The predicted molar refractivity (Wildman–Crippen MR) is 233 cm³/mol. The smallest absolute Gasteiger partial charge is 0.145 e. The number of benzene rings is 8. The summed E-state index contributed by atoms with van der Waals surface area (Å²) in [6, 6.07) is 67.3. The van der Waals surface area contributed by atoms with Crippen molar-refractivity contribution in [2.24, 2.45) is 0 Å². The van der Waals surface area contributed by atoms with Gasteiger partial charge in [0.15, 0.2) is 0 Å². The Kier molecular flexibility index (Phi) is 7.25. The van der Waals surface area contributed by atoms with Crippen LogP contribution in [-0.2, 0) is 0 Å². The van der Waals surface area contributed by atoms with Crippen molar-refractivity contribution >= 4 is 65.6 Å². The Balaban J connectivity index is 1.08. The molecule has 6 nitrogen and oxygen atoms in total. The fourth-order valence-corrected chi connectivity index (χ4v) is 9.23. The lowest BCUT2D eigenvalue weighted by molar-refractivity contribution is 0.203. The molecule has 0 amide bonds. The highest BCUT2D eigenvalue weighted by Crippen LogP contribution is 2.44. The van der Waals surface area contributed by atoms with E-state index in [-0.39, 0.29) is 18.5 Å². The number of nitrogens with zero attached hydrogens (tertiary/aromatic N) is 2. The molecule has 8 aromatic carbocycles. The van der Waals surface area contributed by atoms with Crippen molar-refractivity contribution in [3.63, 3.8) is 0 Å². The first-order chi connectivity index (χ1) is 28.3. The van der Waals surface area contributed by atoms with Crippen molar-refractivity contribution in [3.8, 4) is 11.4 Å². The second-order valence-corrected chi connectivity index (χ2v) is 15.1. The first kappa shape index (κ1) is 32.3. The zero-order valence-corrected chi connectivity index (χ0v) is 30.9. The summed E-state index contributed by atoms with van der Waals surface area (Å²) in [5.74, 6) is 0. The normalized spacial score (nSPS) is 17.4. The van der Waals surface area contributed by atoms with Crippen molar-refractivity contribution in [1.29, 1.82) is 0 Å². The molecule has 2 atom stereocenters. The summed E-state index contributed by atoms with van der Waals surface area (Å²) in [6.45, 7) is 0. The van der Waals surface area contributed by atoms with Gasteiger partial charge in [-0.3, -0.25) is 16.0 Å². The van der Waals surface area contributed by atoms with Crippen LogP contribution < -0.4 is 16.0 Å². The minimum atomic E-state index is -0.119. The molecule has 2 unspecified atom stereocenters. The van der Waals surface area contributed by atoms with E-state index in [1.165, 1.54) is 21.9 Å². The Morgan fingerprint density at radius 1 is 0.351 bits per heavy atom. The molecular weight excluding hydrogens is 699 g/mol. The average molecular weight is 736 g/mol. The van der Waals surface area contributed by atoms with Crippen LogP contribution >= 0.6 is 0 Å². The molecule has 12 rings (SSSR count). The number of aromatic nitrogens is 2. The van der Waals surface area contributed by atoms with Gasteiger partial charge in [0.25, 0.3) is 0 Å². The molecule has 1 saturated heterocycles. The van der Waals surface area contributed by atoms with E-state index >= 15 is 0 Å². The zero-order chi connectivity index (χ0) is 37.5. The number of para-hydroxylation sites is 3. The van der Waals surface area contributed by atoms with Crippen LogP contribution in [-0.4, -0.2) is 9.13 Å². The molecule has 1 aliphatic rings. The van der Waals surface area contributed by atoms with Gasteiger partial charge in [0, 0.05) is 38.3 Å². The Hall–Kier alpha value is -6.96. The summed E-state index contributed by atoms with van der Waals surface area (Å²) >= 11 is 0. The third-order valence-electron chi connectivity index (χ3n) is 11.8. The number of nitrogens with one attached hydrogen (secondary N) is 3. The molecule has 0 saturated carbocycles. The second kappa shape index (κ2) is 12.8. The average Bonchev–Trinajstić information content (AvgIpc) is 3.93. The van der Waals surface area contributed by atoms with Gasteiger partial charge in [-0.25, -0.2) is 0 Å². The van der Waals surface area contributed by atoms with E-state index in [2.05, 4.69) is 207 Å². The molecule has 3 N–H and O–H groups in total. The Morgan fingerprint density at radius 2 is 0.895 bits per heavy atom. The molecule has 0 bridgehead atoms. The summed E-state index contributed by atoms with van der Waals surface area (Å²) in [5.41, 5.74) is 12.2. The van der Waals surface area contributed by atoms with E-state index < -0.39 is 0 Å². The van der Waals surface area contributed by atoms with Gasteiger partial charge >= 0.3 is 0 Å². The predicted octanol–water partition coefficient (Wildman–Crippen LogP) is 12.0. The van der Waals surface area contributed by atoms with E-state index in [0.717, 1.165) is 71.7 Å². The number of hydrogen-bond acceptors (Lipinski definition) is 4. The van der Waals surface area contributed by atoms with Gasteiger partial charge in [-0.1, -0.05) is 127 Å². The standard InChI is InChI=1S/C51H37N5O/c1-4-15-32(16-5-1)49-52-50(33-17-6-2-7-18-33)54-51(53-49)34-19-14-22-36(29-34)56-42-25-12-10-23-37(42)40-30-45-41(31-44(40)56)47-43(55(45)35-20-8-3-9-21-35)28-27-39-38-24-11-13-26-46(38)57-48(39)47/h1-31,49-54H. The molecule has 3 aromatic heterocycles. The van der Waals surface area contributed by atoms with Crippen LogP contribution in [0.4, 0.5) is 0 Å². The topological polar surface area (TPSA) is 59.1 Å². The molecule has 0 spiro atoms. The number of fused-ring (bicyclic) bond motifs is 10. The van der Waals surface area contributed by atoms with Crippen LogP contribution in [0.1, 0.15) is 35.2 Å². The minimum absolute atomic E-state index is 0.0511. The summed E-state index contributed by atoms with van der Waals surface area (Å²) in [7, 11) is 0. The Labute approximate surface area is 328 Å². The van der Waals surface area contributed by atoms with Gasteiger partial charge in [-0.05, 0) is 77.4 Å². The summed E-state index contributed by atoms with van der Waals surface area (Å²) in [5, 5.41) is 18.5.